The molecule has 0 aliphatic carbocycles. The molecule has 8 nitrogen and oxygen atoms in total. The maximum absolute atomic E-state index is 12.2. The number of nitrogens with zero attached hydrogens (tertiary/aromatic N) is 3. The fourth-order valence-electron chi connectivity index (χ4n) is 1.94. The smallest absolute Gasteiger partial charge is 0.387 e. The summed E-state index contributed by atoms with van der Waals surface area (Å²) in [4.78, 5) is 22.2. The minimum Gasteiger partial charge on any atom is -0.435 e. The highest BCUT2D eigenvalue weighted by molar-refractivity contribution is 5.94. The van der Waals surface area contributed by atoms with Crippen LogP contribution in [0.15, 0.2) is 30.6 Å². The molecule has 0 bridgehead atoms. The summed E-state index contributed by atoms with van der Waals surface area (Å²) in [6, 6.07) is 3.31. The molecule has 2 rings (SSSR count). The SMILES string of the molecule is Cc1cc(OC(F)F)ccc1NC(=O)C(C)n1cc([N+](=O)[O-])cn1. The number of nitrogens with one attached hydrogen (secondary N) is 1. The number of nitro groups is 1. The largest absolute Gasteiger partial charge is 0.435 e. The molecule has 0 fully saturated rings. The molecule has 1 N–H and O–H groups in total. The van der Waals surface area contributed by atoms with Crippen LogP contribution in [-0.2, 0) is 4.79 Å². The summed E-state index contributed by atoms with van der Waals surface area (Å²) in [5.74, 6) is -0.477. The van der Waals surface area contributed by atoms with Crippen molar-refractivity contribution >= 4 is 17.3 Å². The van der Waals surface area contributed by atoms with Crippen molar-refractivity contribution in [2.75, 3.05) is 5.32 Å². The first-order valence-corrected chi connectivity index (χ1v) is 6.83. The fraction of sp³-hybridized carbons (Fsp3) is 0.286. The van der Waals surface area contributed by atoms with Crippen LogP contribution in [0, 0.1) is 17.0 Å². The van der Waals surface area contributed by atoms with Gasteiger partial charge in [-0.25, -0.2) is 0 Å². The Hall–Kier alpha value is -3.04. The molecule has 0 radical (unpaired) electrons. The van der Waals surface area contributed by atoms with E-state index in [-0.39, 0.29) is 11.4 Å². The maximum Gasteiger partial charge on any atom is 0.387 e. The highest BCUT2D eigenvalue weighted by Crippen LogP contribution is 2.23. The lowest BCUT2D eigenvalue weighted by molar-refractivity contribution is -0.385. The van der Waals surface area contributed by atoms with E-state index >= 15 is 0 Å². The van der Waals surface area contributed by atoms with E-state index in [2.05, 4.69) is 15.2 Å². The topological polar surface area (TPSA) is 99.3 Å². The lowest BCUT2D eigenvalue weighted by Gasteiger charge is -2.14. The van der Waals surface area contributed by atoms with Gasteiger partial charge < -0.3 is 10.1 Å². The Morgan fingerprint density at radius 2 is 2.17 bits per heavy atom. The highest BCUT2D eigenvalue weighted by Gasteiger charge is 2.20. The van der Waals surface area contributed by atoms with Gasteiger partial charge in [-0.1, -0.05) is 0 Å². The number of aryl methyl sites for hydroxylation is 1. The van der Waals surface area contributed by atoms with Gasteiger partial charge in [-0.3, -0.25) is 19.6 Å². The monoisotopic (exact) mass is 340 g/mol. The zero-order chi connectivity index (χ0) is 17.9. The van der Waals surface area contributed by atoms with Crippen molar-refractivity contribution in [2.24, 2.45) is 0 Å². The van der Waals surface area contributed by atoms with Crippen molar-refractivity contribution in [2.45, 2.75) is 26.5 Å². The number of rotatable bonds is 6. The van der Waals surface area contributed by atoms with Crippen molar-refractivity contribution in [1.82, 2.24) is 9.78 Å². The molecule has 1 amide bonds. The molecule has 0 spiro atoms. The number of carbonyl (C=O) groups is 1. The average molecular weight is 340 g/mol. The van der Waals surface area contributed by atoms with E-state index in [0.29, 0.717) is 11.3 Å². The van der Waals surface area contributed by atoms with Crippen LogP contribution in [0.4, 0.5) is 20.2 Å². The third-order valence-electron chi connectivity index (χ3n) is 3.26. The molecule has 0 saturated carbocycles. The molecule has 2 aromatic rings. The van der Waals surface area contributed by atoms with Crippen LogP contribution in [0.25, 0.3) is 0 Å². The average Bonchev–Trinajstić information content (AvgIpc) is 2.98. The molecular weight excluding hydrogens is 326 g/mol. The van der Waals surface area contributed by atoms with Crippen LogP contribution in [0.2, 0.25) is 0 Å². The summed E-state index contributed by atoms with van der Waals surface area (Å²) < 4.78 is 29.8. The number of benzene rings is 1. The van der Waals surface area contributed by atoms with E-state index in [9.17, 15) is 23.7 Å². The minimum atomic E-state index is -2.93. The first-order valence-electron chi connectivity index (χ1n) is 6.83. The molecule has 24 heavy (non-hydrogen) atoms. The summed E-state index contributed by atoms with van der Waals surface area (Å²) in [5.41, 5.74) is 0.717. The number of carbonyl (C=O) groups excluding carboxylic acids is 1. The molecule has 128 valence electrons. The Balaban J connectivity index is 2.09. The number of hydrogen-bond donors (Lipinski definition) is 1. The van der Waals surface area contributed by atoms with Crippen molar-refractivity contribution in [1.29, 1.82) is 0 Å². The molecular formula is C14H14F2N4O4. The Bertz CT molecular complexity index is 763. The van der Waals surface area contributed by atoms with E-state index < -0.39 is 23.5 Å². The van der Waals surface area contributed by atoms with Gasteiger partial charge in [-0.2, -0.15) is 13.9 Å². The van der Waals surface area contributed by atoms with Gasteiger partial charge in [0.15, 0.2) is 0 Å². The van der Waals surface area contributed by atoms with E-state index in [4.69, 9.17) is 0 Å². The van der Waals surface area contributed by atoms with Crippen LogP contribution in [0.5, 0.6) is 5.75 Å². The fourth-order valence-corrected chi connectivity index (χ4v) is 1.94. The highest BCUT2D eigenvalue weighted by atomic mass is 19.3. The van der Waals surface area contributed by atoms with Crippen molar-refractivity contribution in [3.63, 3.8) is 0 Å². The van der Waals surface area contributed by atoms with E-state index in [0.717, 1.165) is 17.1 Å². The third-order valence-corrected chi connectivity index (χ3v) is 3.26. The lowest BCUT2D eigenvalue weighted by Crippen LogP contribution is -2.24. The van der Waals surface area contributed by atoms with Crippen LogP contribution >= 0.6 is 0 Å². The number of aromatic nitrogens is 2. The normalized spacial score (nSPS) is 12.0. The molecule has 0 aliphatic heterocycles. The number of halogens is 2. The van der Waals surface area contributed by atoms with Gasteiger partial charge in [0, 0.05) is 5.69 Å². The van der Waals surface area contributed by atoms with Gasteiger partial charge in [0.2, 0.25) is 5.91 Å². The van der Waals surface area contributed by atoms with Gasteiger partial charge >= 0.3 is 12.3 Å². The molecule has 1 aromatic heterocycles. The van der Waals surface area contributed by atoms with E-state index in [1.54, 1.807) is 6.92 Å². The summed E-state index contributed by atoms with van der Waals surface area (Å²) >= 11 is 0. The molecule has 0 saturated heterocycles. The van der Waals surface area contributed by atoms with Crippen LogP contribution in [0.1, 0.15) is 18.5 Å². The second-order valence-corrected chi connectivity index (χ2v) is 4.96. The van der Waals surface area contributed by atoms with Gasteiger partial charge in [-0.15, -0.1) is 0 Å². The van der Waals surface area contributed by atoms with Crippen molar-refractivity contribution < 1.29 is 23.2 Å². The van der Waals surface area contributed by atoms with Gasteiger partial charge in [0.05, 0.1) is 4.92 Å². The predicted molar refractivity (Wildman–Crippen MR) is 80.0 cm³/mol. The number of alkyl halides is 2. The molecule has 1 unspecified atom stereocenters. The Kier molecular flexibility index (Phi) is 5.07. The summed E-state index contributed by atoms with van der Waals surface area (Å²) in [6.45, 7) is 0.216. The molecule has 1 aromatic carbocycles. The number of ether oxygens (including phenoxy) is 1. The number of amides is 1. The summed E-state index contributed by atoms with van der Waals surface area (Å²) in [7, 11) is 0. The number of hydrogen-bond acceptors (Lipinski definition) is 5. The summed E-state index contributed by atoms with van der Waals surface area (Å²) in [6.07, 6.45) is 2.20. The molecule has 10 heteroatoms. The Morgan fingerprint density at radius 1 is 1.46 bits per heavy atom. The predicted octanol–water partition coefficient (Wildman–Crippen LogP) is 2.90. The standard InChI is InChI=1S/C14H14F2N4O4/c1-8-5-11(24-14(15)16)3-4-12(8)18-13(21)9(2)19-7-10(6-17-19)20(22)23/h3-7,9,14H,1-2H3,(H,18,21). The van der Waals surface area contributed by atoms with Crippen molar-refractivity contribution in [3.8, 4) is 5.75 Å². The van der Waals surface area contributed by atoms with Crippen LogP contribution < -0.4 is 10.1 Å². The second kappa shape index (κ2) is 7.02. The second-order valence-electron chi connectivity index (χ2n) is 4.96. The first-order chi connectivity index (χ1) is 11.3. The third kappa shape index (κ3) is 4.03. The van der Waals surface area contributed by atoms with Gasteiger partial charge in [0.25, 0.3) is 0 Å². The van der Waals surface area contributed by atoms with Gasteiger partial charge in [-0.05, 0) is 37.6 Å². The molecule has 1 heterocycles. The van der Waals surface area contributed by atoms with Crippen LogP contribution in [0.3, 0.4) is 0 Å². The summed E-state index contributed by atoms with van der Waals surface area (Å²) in [5, 5.41) is 17.0. The number of anilines is 1. The lowest BCUT2D eigenvalue weighted by atomic mass is 10.2. The van der Waals surface area contributed by atoms with E-state index in [1.165, 1.54) is 25.1 Å². The molecule has 0 aliphatic rings. The van der Waals surface area contributed by atoms with Gasteiger partial charge in [0.1, 0.15) is 24.2 Å². The minimum absolute atomic E-state index is 0.0174. The molecule has 1 atom stereocenters. The Labute approximate surface area is 135 Å². The van der Waals surface area contributed by atoms with Crippen LogP contribution in [-0.4, -0.2) is 27.2 Å². The maximum atomic E-state index is 12.2. The first kappa shape index (κ1) is 17.3. The zero-order valence-electron chi connectivity index (χ0n) is 12.8. The Morgan fingerprint density at radius 3 is 2.71 bits per heavy atom. The van der Waals surface area contributed by atoms with Crippen molar-refractivity contribution in [3.05, 3.63) is 46.3 Å². The quantitative estimate of drug-likeness (QED) is 0.644. The zero-order valence-corrected chi connectivity index (χ0v) is 12.8. The van der Waals surface area contributed by atoms with E-state index in [1.807, 2.05) is 0 Å².